The molecule has 1 atom stereocenters. The number of benzene rings is 3. The second-order valence-electron chi connectivity index (χ2n) is 6.54. The first-order valence-electron chi connectivity index (χ1n) is 8.73. The average molecular weight is 376 g/mol. The van der Waals surface area contributed by atoms with E-state index in [-0.39, 0.29) is 6.42 Å². The van der Waals surface area contributed by atoms with Crippen LogP contribution in [-0.4, -0.2) is 27.8 Å². The second-order valence-corrected chi connectivity index (χ2v) is 6.54. The molecule has 4 rings (SSSR count). The molecule has 0 unspecified atom stereocenters. The average Bonchev–Trinajstić information content (AvgIpc) is 3.08. The van der Waals surface area contributed by atoms with Gasteiger partial charge in [0.2, 0.25) is 5.91 Å². The van der Waals surface area contributed by atoms with Crippen LogP contribution in [0.2, 0.25) is 0 Å². The summed E-state index contributed by atoms with van der Waals surface area (Å²) >= 11 is 0. The summed E-state index contributed by atoms with van der Waals surface area (Å²) in [5.41, 5.74) is 6.97. The van der Waals surface area contributed by atoms with Crippen molar-refractivity contribution >= 4 is 33.6 Å². The van der Waals surface area contributed by atoms with Crippen molar-refractivity contribution in [1.29, 1.82) is 0 Å². The third-order valence-corrected chi connectivity index (χ3v) is 4.55. The summed E-state index contributed by atoms with van der Waals surface area (Å²) in [5, 5.41) is 4.59. The van der Waals surface area contributed by atoms with Crippen LogP contribution in [0.1, 0.15) is 16.2 Å². The van der Waals surface area contributed by atoms with Gasteiger partial charge in [0, 0.05) is 12.0 Å². The highest BCUT2D eigenvalue weighted by atomic mass is 19.1. The fraction of sp³-hybridized carbons (Fsp3) is 0.0952. The van der Waals surface area contributed by atoms with Crippen molar-refractivity contribution in [2.45, 2.75) is 12.5 Å². The lowest BCUT2D eigenvalue weighted by Crippen LogP contribution is -2.46. The van der Waals surface area contributed by atoms with Crippen LogP contribution in [0, 0.1) is 5.82 Å². The van der Waals surface area contributed by atoms with E-state index in [0.717, 1.165) is 10.8 Å². The van der Waals surface area contributed by atoms with Gasteiger partial charge < -0.3 is 16.0 Å². The molecule has 1 heterocycles. The molecule has 0 saturated carbocycles. The molecule has 1 aromatic heterocycles. The second kappa shape index (κ2) is 7.11. The number of amides is 2. The van der Waals surface area contributed by atoms with Gasteiger partial charge >= 0.3 is 0 Å². The number of H-pyrrole nitrogens is 1. The highest BCUT2D eigenvalue weighted by Crippen LogP contribution is 2.16. The number of aromatic nitrogens is 2. The van der Waals surface area contributed by atoms with Gasteiger partial charge in [0.25, 0.3) is 5.91 Å². The van der Waals surface area contributed by atoms with Crippen LogP contribution in [0.3, 0.4) is 0 Å². The third-order valence-electron chi connectivity index (χ3n) is 4.55. The normalized spacial score (nSPS) is 12.2. The molecule has 2 amide bonds. The molecule has 4 N–H and O–H groups in total. The Morgan fingerprint density at radius 1 is 1.07 bits per heavy atom. The van der Waals surface area contributed by atoms with Crippen LogP contribution in [0.4, 0.5) is 4.39 Å². The fourth-order valence-corrected chi connectivity index (χ4v) is 3.12. The first-order valence-corrected chi connectivity index (χ1v) is 8.73. The van der Waals surface area contributed by atoms with Crippen molar-refractivity contribution in [3.8, 4) is 0 Å². The lowest BCUT2D eigenvalue weighted by atomic mass is 10.1. The van der Waals surface area contributed by atoms with Gasteiger partial charge in [0.1, 0.15) is 17.7 Å². The minimum atomic E-state index is -0.954. The van der Waals surface area contributed by atoms with Crippen LogP contribution < -0.4 is 11.1 Å². The summed E-state index contributed by atoms with van der Waals surface area (Å²) in [6.45, 7) is 0. The Morgan fingerprint density at radius 3 is 2.64 bits per heavy atom. The number of imidazole rings is 1. The summed E-state index contributed by atoms with van der Waals surface area (Å²) in [7, 11) is 0. The third kappa shape index (κ3) is 3.55. The number of carbonyl (C=O) groups is 2. The molecule has 0 aliphatic rings. The number of rotatable bonds is 5. The topological polar surface area (TPSA) is 101 Å². The highest BCUT2D eigenvalue weighted by Gasteiger charge is 2.21. The number of aromatic amines is 1. The number of halogens is 1. The zero-order chi connectivity index (χ0) is 19.7. The smallest absolute Gasteiger partial charge is 0.251 e. The van der Waals surface area contributed by atoms with Crippen LogP contribution in [0.25, 0.3) is 21.8 Å². The molecule has 0 fully saturated rings. The van der Waals surface area contributed by atoms with E-state index < -0.39 is 23.7 Å². The molecular weight excluding hydrogens is 359 g/mol. The fourth-order valence-electron chi connectivity index (χ4n) is 3.12. The maximum absolute atomic E-state index is 13.3. The summed E-state index contributed by atoms with van der Waals surface area (Å²) in [6, 6.07) is 16.2. The number of fused-ring (bicyclic) bond motifs is 2. The number of primary amides is 1. The summed E-state index contributed by atoms with van der Waals surface area (Å²) in [5.74, 6) is -1.04. The molecule has 0 bridgehead atoms. The molecule has 28 heavy (non-hydrogen) atoms. The minimum absolute atomic E-state index is 0.0744. The van der Waals surface area contributed by atoms with E-state index in [9.17, 15) is 14.0 Å². The molecule has 6 nitrogen and oxygen atoms in total. The molecule has 3 aromatic carbocycles. The lowest BCUT2D eigenvalue weighted by molar-refractivity contribution is -0.119. The van der Waals surface area contributed by atoms with Crippen molar-refractivity contribution in [2.24, 2.45) is 5.73 Å². The number of nitrogens with two attached hydrogens (primary N) is 1. The first kappa shape index (κ1) is 17.7. The van der Waals surface area contributed by atoms with Crippen molar-refractivity contribution in [3.05, 3.63) is 77.9 Å². The molecular formula is C21H17FN4O2. The van der Waals surface area contributed by atoms with Gasteiger partial charge in [0.15, 0.2) is 0 Å². The molecule has 0 radical (unpaired) electrons. The van der Waals surface area contributed by atoms with E-state index >= 15 is 0 Å². The number of hydrogen-bond donors (Lipinski definition) is 3. The van der Waals surface area contributed by atoms with E-state index in [1.165, 1.54) is 18.2 Å². The highest BCUT2D eigenvalue weighted by molar-refractivity contribution is 6.00. The molecule has 0 saturated heterocycles. The zero-order valence-corrected chi connectivity index (χ0v) is 14.8. The standard InChI is InChI=1S/C21H17FN4O2/c22-15-7-8-16-17(10-15)25-19(24-16)11-18(20(23)27)26-21(28)14-6-5-12-3-1-2-4-13(12)9-14/h1-10,18H,11H2,(H2,23,27)(H,24,25)(H,26,28)/t18-/m1/s1. The van der Waals surface area contributed by atoms with Crippen molar-refractivity contribution in [3.63, 3.8) is 0 Å². The Kier molecular flexibility index (Phi) is 4.49. The summed E-state index contributed by atoms with van der Waals surface area (Å²) in [4.78, 5) is 31.7. The molecule has 0 spiro atoms. The lowest BCUT2D eigenvalue weighted by Gasteiger charge is -2.14. The van der Waals surface area contributed by atoms with E-state index in [0.29, 0.717) is 22.4 Å². The quantitative estimate of drug-likeness (QED) is 0.499. The maximum atomic E-state index is 13.3. The molecule has 0 aliphatic carbocycles. The van der Waals surface area contributed by atoms with Crippen LogP contribution in [0.15, 0.2) is 60.7 Å². The summed E-state index contributed by atoms with van der Waals surface area (Å²) in [6.07, 6.45) is 0.0744. The van der Waals surface area contributed by atoms with E-state index in [1.54, 1.807) is 12.1 Å². The number of nitrogens with one attached hydrogen (secondary N) is 2. The SMILES string of the molecule is NC(=O)[C@@H](Cc1nc2ccc(F)cc2[nH]1)NC(=O)c1ccc2ccccc2c1. The molecule has 0 aliphatic heterocycles. The van der Waals surface area contributed by atoms with Gasteiger partial charge in [-0.05, 0) is 41.1 Å². The van der Waals surface area contributed by atoms with Crippen molar-refractivity contribution < 1.29 is 14.0 Å². The number of nitrogens with zero attached hydrogens (tertiary/aromatic N) is 1. The number of carbonyl (C=O) groups excluding carboxylic acids is 2. The van der Waals surface area contributed by atoms with Gasteiger partial charge in [-0.1, -0.05) is 30.3 Å². The Hall–Kier alpha value is -3.74. The molecule has 140 valence electrons. The molecule has 4 aromatic rings. The van der Waals surface area contributed by atoms with Gasteiger partial charge in [-0.3, -0.25) is 9.59 Å². The van der Waals surface area contributed by atoms with Crippen LogP contribution in [0.5, 0.6) is 0 Å². The Morgan fingerprint density at radius 2 is 1.86 bits per heavy atom. The van der Waals surface area contributed by atoms with Crippen molar-refractivity contribution in [1.82, 2.24) is 15.3 Å². The van der Waals surface area contributed by atoms with Crippen LogP contribution >= 0.6 is 0 Å². The number of hydrogen-bond acceptors (Lipinski definition) is 3. The van der Waals surface area contributed by atoms with E-state index in [1.807, 2.05) is 30.3 Å². The largest absolute Gasteiger partial charge is 0.368 e. The van der Waals surface area contributed by atoms with Gasteiger partial charge in [-0.25, -0.2) is 9.37 Å². The van der Waals surface area contributed by atoms with Crippen LogP contribution in [-0.2, 0) is 11.2 Å². The molecule has 7 heteroatoms. The van der Waals surface area contributed by atoms with E-state index in [2.05, 4.69) is 15.3 Å². The van der Waals surface area contributed by atoms with Gasteiger partial charge in [-0.2, -0.15) is 0 Å². The van der Waals surface area contributed by atoms with E-state index in [4.69, 9.17) is 5.73 Å². The Labute approximate surface area is 159 Å². The van der Waals surface area contributed by atoms with Gasteiger partial charge in [0.05, 0.1) is 11.0 Å². The predicted molar refractivity (Wildman–Crippen MR) is 104 cm³/mol. The van der Waals surface area contributed by atoms with Crippen molar-refractivity contribution in [2.75, 3.05) is 0 Å². The summed E-state index contributed by atoms with van der Waals surface area (Å²) < 4.78 is 13.3. The maximum Gasteiger partial charge on any atom is 0.251 e. The monoisotopic (exact) mass is 376 g/mol. The first-order chi connectivity index (χ1) is 13.5. The zero-order valence-electron chi connectivity index (χ0n) is 14.8. The van der Waals surface area contributed by atoms with Gasteiger partial charge in [-0.15, -0.1) is 0 Å². The Bertz CT molecular complexity index is 1200. The minimum Gasteiger partial charge on any atom is -0.368 e. The Balaban J connectivity index is 1.55. The predicted octanol–water partition coefficient (Wildman–Crippen LogP) is 2.68.